The van der Waals surface area contributed by atoms with E-state index in [1.165, 1.54) is 0 Å². The van der Waals surface area contributed by atoms with Crippen molar-refractivity contribution in [3.05, 3.63) is 84.9 Å². The first-order chi connectivity index (χ1) is 14.3. The number of amides is 2. The number of nitrogens with one attached hydrogen (secondary N) is 2. The average Bonchev–Trinajstić information content (AvgIpc) is 2.69. The molecule has 10 nitrogen and oxygen atoms in total. The lowest BCUT2D eigenvalue weighted by Crippen LogP contribution is -2.47. The van der Waals surface area contributed by atoms with Crippen LogP contribution in [-0.2, 0) is 16.1 Å². The number of rotatable bonds is 6. The largest absolute Gasteiger partial charge is 0.463 e. The molecule has 2 N–H and O–H groups in total. The van der Waals surface area contributed by atoms with Crippen LogP contribution in [0, 0.1) is 10.1 Å². The molecule has 2 amide bonds. The summed E-state index contributed by atoms with van der Waals surface area (Å²) in [6.45, 7) is 1.45. The van der Waals surface area contributed by atoms with E-state index in [9.17, 15) is 24.5 Å². The highest BCUT2D eigenvalue weighted by molar-refractivity contribution is 6.30. The van der Waals surface area contributed by atoms with Crippen molar-refractivity contribution >= 4 is 29.3 Å². The first-order valence-electron chi connectivity index (χ1n) is 8.88. The second-order valence-corrected chi connectivity index (χ2v) is 6.74. The van der Waals surface area contributed by atoms with Crippen molar-refractivity contribution in [2.45, 2.75) is 19.5 Å². The topological polar surface area (TPSA) is 133 Å². The number of aromatic nitrogens is 1. The molecule has 2 aromatic rings. The van der Waals surface area contributed by atoms with Crippen molar-refractivity contribution in [2.75, 3.05) is 6.61 Å². The first-order valence-corrected chi connectivity index (χ1v) is 9.26. The number of nitrogens with zero attached hydrogens (tertiary/aromatic N) is 2. The number of urea groups is 1. The van der Waals surface area contributed by atoms with Gasteiger partial charge in [-0.1, -0.05) is 23.7 Å². The molecule has 1 unspecified atom stereocenters. The Labute approximate surface area is 175 Å². The molecule has 1 aliphatic heterocycles. The molecule has 1 aromatic carbocycles. The van der Waals surface area contributed by atoms with E-state index in [2.05, 4.69) is 10.6 Å². The minimum absolute atomic E-state index is 0.0807. The third-order valence-corrected chi connectivity index (χ3v) is 4.61. The van der Waals surface area contributed by atoms with Gasteiger partial charge >= 0.3 is 12.0 Å². The summed E-state index contributed by atoms with van der Waals surface area (Å²) in [6.07, 6.45) is 1.05. The highest BCUT2D eigenvalue weighted by Gasteiger charge is 2.34. The number of carbonyl (C=O) groups excluding carboxylic acids is 2. The molecule has 0 saturated carbocycles. The van der Waals surface area contributed by atoms with Gasteiger partial charge < -0.3 is 19.9 Å². The van der Waals surface area contributed by atoms with E-state index in [1.807, 2.05) is 0 Å². The van der Waals surface area contributed by atoms with Gasteiger partial charge in [-0.3, -0.25) is 14.9 Å². The number of carbonyl (C=O) groups is 2. The third kappa shape index (κ3) is 4.49. The summed E-state index contributed by atoms with van der Waals surface area (Å²) in [5.74, 6) is -0.696. The number of halogens is 1. The van der Waals surface area contributed by atoms with Gasteiger partial charge in [0.05, 0.1) is 41.6 Å². The van der Waals surface area contributed by atoms with Gasteiger partial charge in [-0.15, -0.1) is 0 Å². The third-order valence-electron chi connectivity index (χ3n) is 4.36. The quantitative estimate of drug-likeness (QED) is 0.408. The minimum atomic E-state index is -0.862. The van der Waals surface area contributed by atoms with Crippen molar-refractivity contribution in [1.82, 2.24) is 15.2 Å². The van der Waals surface area contributed by atoms with Crippen LogP contribution in [0.3, 0.4) is 0 Å². The van der Waals surface area contributed by atoms with Gasteiger partial charge in [0.25, 0.3) is 11.2 Å². The van der Waals surface area contributed by atoms with Gasteiger partial charge in [0.15, 0.2) is 0 Å². The number of allylic oxidation sites excluding steroid dienone is 1. The van der Waals surface area contributed by atoms with Crippen LogP contribution in [0.25, 0.3) is 0 Å². The van der Waals surface area contributed by atoms with Gasteiger partial charge in [-0.05, 0) is 24.6 Å². The number of hydrogen-bond acceptors (Lipinski definition) is 6. The molecule has 0 fully saturated rings. The molecule has 11 heteroatoms. The number of esters is 1. The Bertz CT molecular complexity index is 1090. The Kier molecular flexibility index (Phi) is 6.17. The Morgan fingerprint density at radius 1 is 1.23 bits per heavy atom. The Balaban J connectivity index is 2.12. The molecule has 30 heavy (non-hydrogen) atoms. The summed E-state index contributed by atoms with van der Waals surface area (Å²) in [7, 11) is 0. The normalized spacial score (nSPS) is 15.9. The zero-order chi connectivity index (χ0) is 21.8. The molecule has 0 saturated heterocycles. The summed E-state index contributed by atoms with van der Waals surface area (Å²) >= 11 is 5.93. The second-order valence-electron chi connectivity index (χ2n) is 6.31. The summed E-state index contributed by atoms with van der Waals surface area (Å²) in [6, 6.07) is 7.18. The fourth-order valence-electron chi connectivity index (χ4n) is 3.02. The average molecular weight is 433 g/mol. The van der Waals surface area contributed by atoms with Crippen molar-refractivity contribution < 1.29 is 19.2 Å². The van der Waals surface area contributed by atoms with Crippen LogP contribution in [0.15, 0.2) is 58.7 Å². The lowest BCUT2D eigenvalue weighted by Gasteiger charge is -2.29. The maximum absolute atomic E-state index is 12.7. The summed E-state index contributed by atoms with van der Waals surface area (Å²) in [5.41, 5.74) is -0.0901. The van der Waals surface area contributed by atoms with Crippen LogP contribution < -0.4 is 16.2 Å². The zero-order valence-electron chi connectivity index (χ0n) is 15.8. The van der Waals surface area contributed by atoms with Crippen LogP contribution in [0.4, 0.5) is 10.5 Å². The van der Waals surface area contributed by atoms with Crippen LogP contribution >= 0.6 is 11.6 Å². The molecular weight excluding hydrogens is 416 g/mol. The van der Waals surface area contributed by atoms with Crippen LogP contribution in [0.2, 0.25) is 5.02 Å². The number of nitro groups is 1. The fraction of sp³-hybridized carbons (Fsp3) is 0.211. The number of pyridine rings is 1. The van der Waals surface area contributed by atoms with Crippen molar-refractivity contribution in [2.24, 2.45) is 0 Å². The van der Waals surface area contributed by atoms with E-state index in [0.717, 1.165) is 22.9 Å². The maximum atomic E-state index is 12.7. The number of ether oxygens (including phenoxy) is 1. The maximum Gasteiger partial charge on any atom is 0.338 e. The first kappa shape index (κ1) is 21.1. The fourth-order valence-corrected chi connectivity index (χ4v) is 3.14. The van der Waals surface area contributed by atoms with E-state index < -0.39 is 28.5 Å². The van der Waals surface area contributed by atoms with Crippen molar-refractivity contribution in [1.29, 1.82) is 0 Å². The molecule has 156 valence electrons. The monoisotopic (exact) mass is 432 g/mol. The summed E-state index contributed by atoms with van der Waals surface area (Å²) in [5, 5.41) is 16.7. The highest BCUT2D eigenvalue weighted by atomic mass is 35.5. The standard InChI is InChI=1S/C19H17ClN4O6/c1-2-30-18(26)16-14(10-23-9-13(24(28)29)7-8-15(23)25)21-19(27)22-17(16)11-3-5-12(20)6-4-11/h3-9,17H,2,10H2,1H3,(H2,21,22,27). The van der Waals surface area contributed by atoms with Gasteiger partial charge in [0, 0.05) is 17.2 Å². The summed E-state index contributed by atoms with van der Waals surface area (Å²) in [4.78, 5) is 47.6. The highest BCUT2D eigenvalue weighted by Crippen LogP contribution is 2.29. The van der Waals surface area contributed by atoms with Crippen molar-refractivity contribution in [3.63, 3.8) is 0 Å². The van der Waals surface area contributed by atoms with E-state index >= 15 is 0 Å². The Hall–Kier alpha value is -3.66. The molecule has 0 spiro atoms. The molecule has 1 aliphatic rings. The molecule has 1 aromatic heterocycles. The molecular formula is C19H17ClN4O6. The molecule has 2 heterocycles. The minimum Gasteiger partial charge on any atom is -0.463 e. The molecule has 0 radical (unpaired) electrons. The lowest BCUT2D eigenvalue weighted by molar-refractivity contribution is -0.385. The van der Waals surface area contributed by atoms with Gasteiger partial charge in [-0.2, -0.15) is 0 Å². The Morgan fingerprint density at radius 2 is 1.93 bits per heavy atom. The zero-order valence-corrected chi connectivity index (χ0v) is 16.5. The van der Waals surface area contributed by atoms with Crippen LogP contribution in [-0.4, -0.2) is 28.1 Å². The van der Waals surface area contributed by atoms with E-state index in [1.54, 1.807) is 31.2 Å². The van der Waals surface area contributed by atoms with Gasteiger partial charge in [-0.25, -0.2) is 9.59 Å². The number of benzene rings is 1. The molecule has 3 rings (SSSR count). The second kappa shape index (κ2) is 8.78. The van der Waals surface area contributed by atoms with Gasteiger partial charge in [0.2, 0.25) is 0 Å². The van der Waals surface area contributed by atoms with E-state index in [0.29, 0.717) is 10.6 Å². The van der Waals surface area contributed by atoms with E-state index in [4.69, 9.17) is 16.3 Å². The smallest absolute Gasteiger partial charge is 0.338 e. The van der Waals surface area contributed by atoms with Crippen LogP contribution in [0.5, 0.6) is 0 Å². The lowest BCUT2D eigenvalue weighted by atomic mass is 9.95. The SMILES string of the molecule is CCOC(=O)C1=C(Cn2cc([N+](=O)[O-])ccc2=O)NC(=O)NC1c1ccc(Cl)cc1. The molecule has 0 aliphatic carbocycles. The number of hydrogen-bond donors (Lipinski definition) is 2. The Morgan fingerprint density at radius 3 is 2.57 bits per heavy atom. The molecule has 1 atom stereocenters. The van der Waals surface area contributed by atoms with E-state index in [-0.39, 0.29) is 30.1 Å². The predicted molar refractivity (Wildman–Crippen MR) is 107 cm³/mol. The van der Waals surface area contributed by atoms with Crippen LogP contribution in [0.1, 0.15) is 18.5 Å². The van der Waals surface area contributed by atoms with Crippen molar-refractivity contribution in [3.8, 4) is 0 Å². The molecule has 0 bridgehead atoms. The summed E-state index contributed by atoms with van der Waals surface area (Å²) < 4.78 is 6.18. The predicted octanol–water partition coefficient (Wildman–Crippen LogP) is 2.28. The van der Waals surface area contributed by atoms with Gasteiger partial charge in [0.1, 0.15) is 0 Å².